The van der Waals surface area contributed by atoms with Crippen LogP contribution in [0.2, 0.25) is 0 Å². The largest absolute Gasteiger partial charge is 0.343 e. The zero-order valence-electron chi connectivity index (χ0n) is 14.3. The Morgan fingerprint density at radius 3 is 2.52 bits per heavy atom. The summed E-state index contributed by atoms with van der Waals surface area (Å²) in [5.74, 6) is -0.710. The topological polar surface area (TPSA) is 105 Å². The summed E-state index contributed by atoms with van der Waals surface area (Å²) in [6.45, 7) is 1.58. The molecule has 2 aliphatic heterocycles. The Labute approximate surface area is 146 Å². The van der Waals surface area contributed by atoms with Crippen LogP contribution in [0, 0.1) is 0 Å². The van der Waals surface area contributed by atoms with Crippen LogP contribution in [0.4, 0.5) is 5.69 Å². The van der Waals surface area contributed by atoms with E-state index in [0.29, 0.717) is 18.5 Å². The van der Waals surface area contributed by atoms with Gasteiger partial charge < -0.3 is 21.3 Å². The van der Waals surface area contributed by atoms with Crippen LogP contribution >= 0.6 is 0 Å². The molecule has 2 heterocycles. The zero-order valence-corrected chi connectivity index (χ0v) is 14.3. The smallest absolute Gasteiger partial charge is 0.247 e. The predicted octanol–water partition coefficient (Wildman–Crippen LogP) is 0.611. The highest BCUT2D eigenvalue weighted by atomic mass is 16.2. The van der Waals surface area contributed by atoms with Crippen molar-refractivity contribution in [2.45, 2.75) is 56.8 Å². The fourth-order valence-corrected chi connectivity index (χ4v) is 3.60. The summed E-state index contributed by atoms with van der Waals surface area (Å²) in [5, 5.41) is 5.57. The third-order valence-electron chi connectivity index (χ3n) is 4.92. The van der Waals surface area contributed by atoms with Gasteiger partial charge in [0.1, 0.15) is 12.1 Å². The van der Waals surface area contributed by atoms with Crippen LogP contribution in [0.5, 0.6) is 0 Å². The van der Waals surface area contributed by atoms with Crippen LogP contribution in [0.1, 0.15) is 32.6 Å². The molecule has 7 nitrogen and oxygen atoms in total. The molecule has 0 saturated carbocycles. The molecule has 4 N–H and O–H groups in total. The molecule has 2 aliphatic rings. The Morgan fingerprint density at radius 1 is 1.16 bits per heavy atom. The molecule has 2 saturated heterocycles. The predicted molar refractivity (Wildman–Crippen MR) is 93.5 cm³/mol. The van der Waals surface area contributed by atoms with Gasteiger partial charge in [-0.25, -0.2) is 0 Å². The Kier molecular flexibility index (Phi) is 5.03. The summed E-state index contributed by atoms with van der Waals surface area (Å²) in [6.07, 6.45) is 2.83. The molecule has 2 fully saturated rings. The standard InChI is InChI=1S/C18H24N4O3/c1-11(19)16(23)21-14-9-7-13-8-10-15(22(13)18(14)25)17(24)20-12-5-3-2-4-6-12/h2-6,11,13-15H,7-10,19H2,1H3,(H,20,24)(H,21,23)/t11-,13+,14-,15-/m0/s1. The van der Waals surface area contributed by atoms with Gasteiger partial charge in [0.15, 0.2) is 0 Å². The molecule has 4 atom stereocenters. The Balaban J connectivity index is 1.69. The minimum absolute atomic E-state index is 0.0717. The SMILES string of the molecule is C[C@H](N)C(=O)N[C@H]1CC[C@@H]2CC[C@@H](C(=O)Nc3ccccc3)N2C1=O. The van der Waals surface area contributed by atoms with E-state index in [4.69, 9.17) is 5.73 Å². The number of rotatable bonds is 4. The quantitative estimate of drug-likeness (QED) is 0.744. The van der Waals surface area contributed by atoms with E-state index < -0.39 is 18.1 Å². The summed E-state index contributed by atoms with van der Waals surface area (Å²) >= 11 is 0. The maximum Gasteiger partial charge on any atom is 0.247 e. The molecule has 3 amide bonds. The molecular formula is C18H24N4O3. The van der Waals surface area contributed by atoms with Gasteiger partial charge in [-0.15, -0.1) is 0 Å². The van der Waals surface area contributed by atoms with Crippen LogP contribution in [-0.2, 0) is 14.4 Å². The molecule has 0 unspecified atom stereocenters. The number of nitrogens with one attached hydrogen (secondary N) is 2. The van der Waals surface area contributed by atoms with Crippen molar-refractivity contribution >= 4 is 23.4 Å². The van der Waals surface area contributed by atoms with Gasteiger partial charge in [-0.2, -0.15) is 0 Å². The van der Waals surface area contributed by atoms with E-state index in [1.807, 2.05) is 30.3 Å². The second-order valence-corrected chi connectivity index (χ2v) is 6.77. The van der Waals surface area contributed by atoms with E-state index in [-0.39, 0.29) is 23.8 Å². The first kappa shape index (κ1) is 17.4. The molecule has 0 radical (unpaired) electrons. The first-order valence-electron chi connectivity index (χ1n) is 8.71. The maximum atomic E-state index is 12.8. The minimum Gasteiger partial charge on any atom is -0.343 e. The van der Waals surface area contributed by atoms with Crippen LogP contribution in [0.25, 0.3) is 0 Å². The summed E-state index contributed by atoms with van der Waals surface area (Å²) < 4.78 is 0. The number of hydrogen-bond donors (Lipinski definition) is 3. The number of carbonyl (C=O) groups excluding carboxylic acids is 3. The highest BCUT2D eigenvalue weighted by Gasteiger charge is 2.46. The van der Waals surface area contributed by atoms with Gasteiger partial charge in [-0.3, -0.25) is 14.4 Å². The number of carbonyl (C=O) groups is 3. The van der Waals surface area contributed by atoms with Gasteiger partial charge >= 0.3 is 0 Å². The van der Waals surface area contributed by atoms with Crippen molar-refractivity contribution < 1.29 is 14.4 Å². The van der Waals surface area contributed by atoms with Gasteiger partial charge in [-0.05, 0) is 44.7 Å². The maximum absolute atomic E-state index is 12.8. The average molecular weight is 344 g/mol. The molecule has 0 spiro atoms. The van der Waals surface area contributed by atoms with Gasteiger partial charge in [0.2, 0.25) is 17.7 Å². The zero-order chi connectivity index (χ0) is 18.0. The van der Waals surface area contributed by atoms with Crippen molar-refractivity contribution in [2.75, 3.05) is 5.32 Å². The lowest BCUT2D eigenvalue weighted by atomic mass is 9.97. The number of piperidine rings is 1. The molecular weight excluding hydrogens is 320 g/mol. The first-order chi connectivity index (χ1) is 12.0. The molecule has 1 aromatic carbocycles. The number of amides is 3. The highest BCUT2D eigenvalue weighted by Crippen LogP contribution is 2.33. The van der Waals surface area contributed by atoms with Crippen molar-refractivity contribution in [3.63, 3.8) is 0 Å². The van der Waals surface area contributed by atoms with Crippen molar-refractivity contribution in [2.24, 2.45) is 5.73 Å². The van der Waals surface area contributed by atoms with E-state index in [2.05, 4.69) is 10.6 Å². The number of nitrogens with two attached hydrogens (primary N) is 1. The van der Waals surface area contributed by atoms with E-state index in [1.165, 1.54) is 0 Å². The van der Waals surface area contributed by atoms with Gasteiger partial charge in [0.05, 0.1) is 6.04 Å². The van der Waals surface area contributed by atoms with Crippen molar-refractivity contribution in [3.8, 4) is 0 Å². The minimum atomic E-state index is -0.665. The van der Waals surface area contributed by atoms with Crippen LogP contribution in [0.3, 0.4) is 0 Å². The normalized spacial score (nSPS) is 26.7. The molecule has 0 aromatic heterocycles. The molecule has 134 valence electrons. The number of anilines is 1. The number of hydrogen-bond acceptors (Lipinski definition) is 4. The van der Waals surface area contributed by atoms with Crippen molar-refractivity contribution in [1.29, 1.82) is 0 Å². The molecule has 0 aliphatic carbocycles. The van der Waals surface area contributed by atoms with Crippen molar-refractivity contribution in [1.82, 2.24) is 10.2 Å². The fourth-order valence-electron chi connectivity index (χ4n) is 3.60. The van der Waals surface area contributed by atoms with E-state index in [9.17, 15) is 14.4 Å². The Hall–Kier alpha value is -2.41. The number of fused-ring (bicyclic) bond motifs is 1. The van der Waals surface area contributed by atoms with Crippen LogP contribution in [0.15, 0.2) is 30.3 Å². The highest BCUT2D eigenvalue weighted by molar-refractivity contribution is 5.99. The third-order valence-corrected chi connectivity index (χ3v) is 4.92. The van der Waals surface area contributed by atoms with E-state index in [0.717, 1.165) is 12.8 Å². The van der Waals surface area contributed by atoms with Gasteiger partial charge in [0, 0.05) is 11.7 Å². The second-order valence-electron chi connectivity index (χ2n) is 6.77. The first-order valence-corrected chi connectivity index (χ1v) is 8.71. The summed E-state index contributed by atoms with van der Waals surface area (Å²) in [7, 11) is 0. The Bertz CT molecular complexity index is 662. The average Bonchev–Trinajstić information content (AvgIpc) is 3.03. The summed E-state index contributed by atoms with van der Waals surface area (Å²) in [4.78, 5) is 38.9. The monoisotopic (exact) mass is 344 g/mol. The van der Waals surface area contributed by atoms with Gasteiger partial charge in [-0.1, -0.05) is 18.2 Å². The van der Waals surface area contributed by atoms with Crippen LogP contribution < -0.4 is 16.4 Å². The molecule has 3 rings (SSSR count). The lowest BCUT2D eigenvalue weighted by Crippen LogP contribution is -2.59. The third kappa shape index (κ3) is 3.66. The van der Waals surface area contributed by atoms with E-state index >= 15 is 0 Å². The fraction of sp³-hybridized carbons (Fsp3) is 0.500. The molecule has 25 heavy (non-hydrogen) atoms. The lowest BCUT2D eigenvalue weighted by Gasteiger charge is -2.38. The summed E-state index contributed by atoms with van der Waals surface area (Å²) in [5.41, 5.74) is 6.28. The Morgan fingerprint density at radius 2 is 1.84 bits per heavy atom. The van der Waals surface area contributed by atoms with Crippen molar-refractivity contribution in [3.05, 3.63) is 30.3 Å². The summed E-state index contributed by atoms with van der Waals surface area (Å²) in [6, 6.07) is 7.51. The lowest BCUT2D eigenvalue weighted by molar-refractivity contribution is -0.145. The van der Waals surface area contributed by atoms with Gasteiger partial charge in [0.25, 0.3) is 0 Å². The number of nitrogens with zero attached hydrogens (tertiary/aromatic N) is 1. The molecule has 1 aromatic rings. The number of para-hydroxylation sites is 1. The number of benzene rings is 1. The van der Waals surface area contributed by atoms with Crippen LogP contribution in [-0.4, -0.2) is 46.8 Å². The molecule has 7 heteroatoms. The second kappa shape index (κ2) is 7.23. The van der Waals surface area contributed by atoms with E-state index in [1.54, 1.807) is 11.8 Å². The molecule has 0 bridgehead atoms.